The lowest BCUT2D eigenvalue weighted by Gasteiger charge is -2.11. The molecule has 0 aliphatic rings. The fourth-order valence-electron chi connectivity index (χ4n) is 2.80. The fraction of sp³-hybridized carbons (Fsp3) is 0. The molecule has 27 heavy (non-hydrogen) atoms. The van der Waals surface area contributed by atoms with E-state index in [2.05, 4.69) is 4.98 Å². The SMILES string of the molecule is N#Cc1cccc(-c2c([N+](=O)[O-])c(O)[nH]c(=O)c2-c2cccc(C#N)c2)c1. The molecule has 3 rings (SSSR count). The number of nitro groups is 1. The van der Waals surface area contributed by atoms with Crippen LogP contribution in [-0.2, 0) is 0 Å². The van der Waals surface area contributed by atoms with Gasteiger partial charge in [-0.05, 0) is 35.4 Å². The first-order chi connectivity index (χ1) is 13.0. The predicted octanol–water partition coefficient (Wildman–Crippen LogP) is 3.07. The number of hydrogen-bond donors (Lipinski definition) is 2. The summed E-state index contributed by atoms with van der Waals surface area (Å²) >= 11 is 0. The Morgan fingerprint density at radius 3 is 1.96 bits per heavy atom. The second-order valence-corrected chi connectivity index (χ2v) is 5.54. The van der Waals surface area contributed by atoms with Gasteiger partial charge in [0, 0.05) is 0 Å². The number of pyridine rings is 1. The summed E-state index contributed by atoms with van der Waals surface area (Å²) in [5.74, 6) is -0.887. The van der Waals surface area contributed by atoms with Gasteiger partial charge in [-0.3, -0.25) is 19.9 Å². The van der Waals surface area contributed by atoms with Gasteiger partial charge in [0.05, 0.1) is 39.3 Å². The average Bonchev–Trinajstić information content (AvgIpc) is 2.67. The standard InChI is InChI=1S/C19H10N4O4/c20-9-11-3-1-5-13(7-11)15-16(14-6-2-4-12(8-14)10-21)18(24)22-19(25)17(15)23(26)27/h1-8H,(H2,22,24,25). The van der Waals surface area contributed by atoms with Gasteiger partial charge >= 0.3 is 5.69 Å². The van der Waals surface area contributed by atoms with E-state index in [1.54, 1.807) is 6.07 Å². The molecule has 1 aromatic heterocycles. The quantitative estimate of drug-likeness (QED) is 0.544. The Balaban J connectivity index is 2.48. The van der Waals surface area contributed by atoms with Crippen molar-refractivity contribution in [1.29, 1.82) is 10.5 Å². The Hall–Kier alpha value is -4.43. The number of aromatic nitrogens is 1. The maximum Gasteiger partial charge on any atom is 0.337 e. The summed E-state index contributed by atoms with van der Waals surface area (Å²) in [5, 5.41) is 39.8. The number of benzene rings is 2. The van der Waals surface area contributed by atoms with Crippen molar-refractivity contribution in [2.75, 3.05) is 0 Å². The van der Waals surface area contributed by atoms with Crippen LogP contribution in [0.2, 0.25) is 0 Å². The van der Waals surface area contributed by atoms with Crippen LogP contribution in [-0.4, -0.2) is 15.0 Å². The number of hydrogen-bond acceptors (Lipinski definition) is 6. The number of nitriles is 2. The molecule has 0 fully saturated rings. The molecule has 2 N–H and O–H groups in total. The molecule has 0 amide bonds. The minimum absolute atomic E-state index is 0.0771. The third-order valence-electron chi connectivity index (χ3n) is 3.91. The number of nitrogens with one attached hydrogen (secondary N) is 1. The summed E-state index contributed by atoms with van der Waals surface area (Å²) in [4.78, 5) is 25.4. The normalized spacial score (nSPS) is 10.0. The minimum Gasteiger partial charge on any atom is -0.490 e. The van der Waals surface area contributed by atoms with Gasteiger partial charge in [-0.1, -0.05) is 24.3 Å². The van der Waals surface area contributed by atoms with Crippen molar-refractivity contribution in [1.82, 2.24) is 4.98 Å². The molecule has 0 unspecified atom stereocenters. The smallest absolute Gasteiger partial charge is 0.337 e. The molecular formula is C19H10N4O4. The van der Waals surface area contributed by atoms with Crippen LogP contribution in [0, 0.1) is 32.8 Å². The van der Waals surface area contributed by atoms with Crippen LogP contribution < -0.4 is 5.56 Å². The van der Waals surface area contributed by atoms with Crippen LogP contribution in [0.15, 0.2) is 53.3 Å². The van der Waals surface area contributed by atoms with E-state index < -0.39 is 22.0 Å². The predicted molar refractivity (Wildman–Crippen MR) is 95.7 cm³/mol. The van der Waals surface area contributed by atoms with Gasteiger partial charge in [0.15, 0.2) is 0 Å². The fourth-order valence-corrected chi connectivity index (χ4v) is 2.80. The molecule has 0 aliphatic heterocycles. The van der Waals surface area contributed by atoms with E-state index in [4.69, 9.17) is 10.5 Å². The Kier molecular flexibility index (Phi) is 4.40. The van der Waals surface area contributed by atoms with Gasteiger partial charge < -0.3 is 5.11 Å². The second kappa shape index (κ2) is 6.82. The maximum atomic E-state index is 12.6. The zero-order chi connectivity index (χ0) is 19.6. The first-order valence-corrected chi connectivity index (χ1v) is 7.61. The zero-order valence-corrected chi connectivity index (χ0v) is 13.6. The first kappa shape index (κ1) is 17.4. The van der Waals surface area contributed by atoms with Crippen molar-refractivity contribution < 1.29 is 10.0 Å². The van der Waals surface area contributed by atoms with E-state index in [-0.39, 0.29) is 33.4 Å². The maximum absolute atomic E-state index is 12.6. The van der Waals surface area contributed by atoms with Crippen LogP contribution >= 0.6 is 0 Å². The molecule has 0 bridgehead atoms. The number of H-pyrrole nitrogens is 1. The van der Waals surface area contributed by atoms with Crippen molar-refractivity contribution in [3.05, 3.63) is 80.1 Å². The molecule has 0 aliphatic carbocycles. The van der Waals surface area contributed by atoms with Crippen LogP contribution in [0.4, 0.5) is 5.69 Å². The van der Waals surface area contributed by atoms with E-state index in [1.807, 2.05) is 12.1 Å². The summed E-state index contributed by atoms with van der Waals surface area (Å²) < 4.78 is 0. The highest BCUT2D eigenvalue weighted by Gasteiger charge is 2.28. The lowest BCUT2D eigenvalue weighted by atomic mass is 9.93. The van der Waals surface area contributed by atoms with Crippen molar-refractivity contribution in [3.8, 4) is 40.3 Å². The molecule has 0 atom stereocenters. The summed E-state index contributed by atoms with van der Waals surface area (Å²) in [7, 11) is 0. The number of nitrogens with zero attached hydrogens (tertiary/aromatic N) is 3. The number of aromatic amines is 1. The van der Waals surface area contributed by atoms with Crippen molar-refractivity contribution in [2.24, 2.45) is 0 Å². The first-order valence-electron chi connectivity index (χ1n) is 7.61. The summed E-state index contributed by atoms with van der Waals surface area (Å²) in [6, 6.07) is 15.8. The monoisotopic (exact) mass is 358 g/mol. The molecule has 0 radical (unpaired) electrons. The highest BCUT2D eigenvalue weighted by molar-refractivity contribution is 5.90. The Morgan fingerprint density at radius 1 is 0.963 bits per heavy atom. The van der Waals surface area contributed by atoms with Gasteiger partial charge in [-0.2, -0.15) is 10.5 Å². The van der Waals surface area contributed by atoms with Gasteiger partial charge in [-0.15, -0.1) is 0 Å². The molecule has 0 saturated carbocycles. The molecule has 3 aromatic rings. The minimum atomic E-state index is -0.887. The van der Waals surface area contributed by atoms with Crippen LogP contribution in [0.5, 0.6) is 5.88 Å². The Labute approximate surface area is 152 Å². The third kappa shape index (κ3) is 3.11. The lowest BCUT2D eigenvalue weighted by Crippen LogP contribution is -2.13. The van der Waals surface area contributed by atoms with Crippen LogP contribution in [0.25, 0.3) is 22.3 Å². The van der Waals surface area contributed by atoms with Crippen LogP contribution in [0.1, 0.15) is 11.1 Å². The molecule has 8 heteroatoms. The van der Waals surface area contributed by atoms with Gasteiger partial charge in [-0.25, -0.2) is 0 Å². The Morgan fingerprint density at radius 2 is 1.48 bits per heavy atom. The number of rotatable bonds is 3. The van der Waals surface area contributed by atoms with E-state index in [9.17, 15) is 20.0 Å². The third-order valence-corrected chi connectivity index (χ3v) is 3.91. The van der Waals surface area contributed by atoms with Gasteiger partial charge in [0.2, 0.25) is 0 Å². The summed E-state index contributed by atoms with van der Waals surface area (Å²) in [5.41, 5.74) is -0.666. The largest absolute Gasteiger partial charge is 0.490 e. The second-order valence-electron chi connectivity index (χ2n) is 5.54. The van der Waals surface area contributed by atoms with E-state index in [0.29, 0.717) is 0 Å². The molecule has 0 spiro atoms. The lowest BCUT2D eigenvalue weighted by molar-refractivity contribution is -0.385. The van der Waals surface area contributed by atoms with E-state index in [0.717, 1.165) is 0 Å². The highest BCUT2D eigenvalue weighted by atomic mass is 16.6. The topological polar surface area (TPSA) is 144 Å². The molecule has 0 saturated heterocycles. The van der Waals surface area contributed by atoms with Crippen molar-refractivity contribution in [2.45, 2.75) is 0 Å². The van der Waals surface area contributed by atoms with Gasteiger partial charge in [0.1, 0.15) is 0 Å². The molecule has 130 valence electrons. The molecule has 8 nitrogen and oxygen atoms in total. The highest BCUT2D eigenvalue weighted by Crippen LogP contribution is 2.41. The summed E-state index contributed by atoms with van der Waals surface area (Å²) in [6.07, 6.45) is 0. The van der Waals surface area contributed by atoms with Crippen LogP contribution in [0.3, 0.4) is 0 Å². The number of aromatic hydroxyl groups is 1. The van der Waals surface area contributed by atoms with Crippen molar-refractivity contribution >= 4 is 5.69 Å². The molecular weight excluding hydrogens is 348 g/mol. The Bertz CT molecular complexity index is 1220. The zero-order valence-electron chi connectivity index (χ0n) is 13.6. The molecule has 2 aromatic carbocycles. The van der Waals surface area contributed by atoms with E-state index in [1.165, 1.54) is 42.5 Å². The molecule has 1 heterocycles. The van der Waals surface area contributed by atoms with E-state index >= 15 is 0 Å². The van der Waals surface area contributed by atoms with Gasteiger partial charge in [0.25, 0.3) is 11.4 Å². The van der Waals surface area contributed by atoms with Crippen molar-refractivity contribution in [3.63, 3.8) is 0 Å². The summed E-state index contributed by atoms with van der Waals surface area (Å²) in [6.45, 7) is 0. The average molecular weight is 358 g/mol.